The van der Waals surface area contributed by atoms with Crippen LogP contribution in [0.25, 0.3) is 10.6 Å². The van der Waals surface area contributed by atoms with Gasteiger partial charge in [0.05, 0.1) is 5.56 Å². The number of pyridine rings is 1. The summed E-state index contributed by atoms with van der Waals surface area (Å²) in [5.74, 6) is 0.500. The van der Waals surface area contributed by atoms with Crippen molar-refractivity contribution in [1.82, 2.24) is 15.2 Å². The molecule has 23 heavy (non-hydrogen) atoms. The summed E-state index contributed by atoms with van der Waals surface area (Å²) >= 11 is 2.46. The van der Waals surface area contributed by atoms with E-state index in [1.165, 1.54) is 23.7 Å². The number of aromatic nitrogens is 3. The van der Waals surface area contributed by atoms with Crippen molar-refractivity contribution in [3.05, 3.63) is 24.0 Å². The van der Waals surface area contributed by atoms with E-state index in [0.717, 1.165) is 29.8 Å². The first-order valence-corrected chi connectivity index (χ1v) is 8.66. The van der Waals surface area contributed by atoms with Crippen molar-refractivity contribution in [2.24, 2.45) is 0 Å². The number of anilines is 1. The molecule has 2 rings (SSSR count). The number of carbonyl (C=O) groups excluding carboxylic acids is 1. The summed E-state index contributed by atoms with van der Waals surface area (Å²) in [6.45, 7) is 0. The number of thioether (sulfide) groups is 1. The van der Waals surface area contributed by atoms with Gasteiger partial charge in [-0.1, -0.05) is 11.3 Å². The molecule has 0 unspecified atom stereocenters. The molecule has 0 saturated heterocycles. The molecule has 0 aliphatic rings. The predicted octanol–water partition coefficient (Wildman–Crippen LogP) is 3.33. The Bertz CT molecular complexity index is 690. The van der Waals surface area contributed by atoms with Gasteiger partial charge in [-0.15, -0.1) is 10.2 Å². The lowest BCUT2D eigenvalue weighted by Crippen LogP contribution is -2.26. The SMILES string of the molecule is CSCCC(=O)N(C)c1nnc(-c2cnccc2C(F)(F)F)s1. The Balaban J connectivity index is 2.28. The number of amides is 1. The van der Waals surface area contributed by atoms with Crippen LogP contribution in [0, 0.1) is 0 Å². The molecule has 0 aliphatic heterocycles. The Kier molecular flexibility index (Phi) is 5.58. The summed E-state index contributed by atoms with van der Waals surface area (Å²) in [6.07, 6.45) is -0.121. The minimum Gasteiger partial charge on any atom is -0.290 e. The molecule has 124 valence electrons. The number of alkyl halides is 3. The van der Waals surface area contributed by atoms with Crippen LogP contribution in [0.1, 0.15) is 12.0 Å². The fraction of sp³-hybridized carbons (Fsp3) is 0.385. The number of rotatable bonds is 5. The molecule has 0 aromatic carbocycles. The fourth-order valence-corrected chi connectivity index (χ4v) is 2.96. The van der Waals surface area contributed by atoms with E-state index < -0.39 is 11.7 Å². The van der Waals surface area contributed by atoms with Gasteiger partial charge in [-0.3, -0.25) is 14.7 Å². The molecule has 0 aliphatic carbocycles. The Hall–Kier alpha value is -1.68. The third-order valence-electron chi connectivity index (χ3n) is 2.95. The zero-order chi connectivity index (χ0) is 17.0. The molecule has 0 saturated carbocycles. The summed E-state index contributed by atoms with van der Waals surface area (Å²) in [7, 11) is 1.53. The molecule has 0 spiro atoms. The maximum absolute atomic E-state index is 13.0. The second-order valence-electron chi connectivity index (χ2n) is 4.50. The fourth-order valence-electron chi connectivity index (χ4n) is 1.74. The maximum atomic E-state index is 13.0. The van der Waals surface area contributed by atoms with Crippen LogP contribution in [-0.4, -0.2) is 40.1 Å². The molecule has 0 atom stereocenters. The molecule has 0 radical (unpaired) electrons. The summed E-state index contributed by atoms with van der Waals surface area (Å²) < 4.78 is 39.1. The number of carbonyl (C=O) groups is 1. The first kappa shape index (κ1) is 17.7. The van der Waals surface area contributed by atoms with Crippen LogP contribution in [0.3, 0.4) is 0 Å². The van der Waals surface area contributed by atoms with Crippen LogP contribution in [0.5, 0.6) is 0 Å². The Labute approximate surface area is 138 Å². The molecule has 2 heterocycles. The normalized spacial score (nSPS) is 11.5. The standard InChI is InChI=1S/C13H13F3N4OS2/c1-20(10(21)4-6-22-2)12-19-18-11(23-12)8-7-17-5-3-9(8)13(14,15)16/h3,5,7H,4,6H2,1-2H3. The highest BCUT2D eigenvalue weighted by atomic mass is 32.2. The average molecular weight is 362 g/mol. The first-order valence-electron chi connectivity index (χ1n) is 6.45. The number of halogens is 3. The Morgan fingerprint density at radius 2 is 2.13 bits per heavy atom. The summed E-state index contributed by atoms with van der Waals surface area (Å²) in [5, 5.41) is 7.92. The van der Waals surface area contributed by atoms with E-state index in [1.54, 1.807) is 0 Å². The van der Waals surface area contributed by atoms with Crippen molar-refractivity contribution in [2.75, 3.05) is 24.0 Å². The summed E-state index contributed by atoms with van der Waals surface area (Å²) in [6, 6.07) is 0.893. The minimum absolute atomic E-state index is 0.0740. The molecule has 0 fully saturated rings. The van der Waals surface area contributed by atoms with Gasteiger partial charge in [-0.05, 0) is 12.3 Å². The van der Waals surface area contributed by atoms with E-state index in [9.17, 15) is 18.0 Å². The number of hydrogen-bond acceptors (Lipinski definition) is 6. The van der Waals surface area contributed by atoms with Gasteiger partial charge in [-0.2, -0.15) is 24.9 Å². The first-order chi connectivity index (χ1) is 10.8. The van der Waals surface area contributed by atoms with E-state index in [1.807, 2.05) is 6.26 Å². The lowest BCUT2D eigenvalue weighted by atomic mass is 10.1. The molecule has 1 amide bonds. The topological polar surface area (TPSA) is 59.0 Å². The van der Waals surface area contributed by atoms with Crippen LogP contribution >= 0.6 is 23.1 Å². The smallest absolute Gasteiger partial charge is 0.290 e. The van der Waals surface area contributed by atoms with Crippen molar-refractivity contribution in [3.8, 4) is 10.6 Å². The Morgan fingerprint density at radius 1 is 1.39 bits per heavy atom. The van der Waals surface area contributed by atoms with Crippen molar-refractivity contribution in [1.29, 1.82) is 0 Å². The van der Waals surface area contributed by atoms with Crippen molar-refractivity contribution in [3.63, 3.8) is 0 Å². The summed E-state index contributed by atoms with van der Waals surface area (Å²) in [4.78, 5) is 17.0. The molecular weight excluding hydrogens is 349 g/mol. The third-order valence-corrected chi connectivity index (χ3v) is 4.60. The largest absolute Gasteiger partial charge is 0.417 e. The van der Waals surface area contributed by atoms with Gasteiger partial charge in [0.1, 0.15) is 0 Å². The molecule has 2 aromatic rings. The molecular formula is C13H13F3N4OS2. The number of hydrogen-bond donors (Lipinski definition) is 0. The third kappa shape index (κ3) is 4.20. The Morgan fingerprint density at radius 3 is 2.78 bits per heavy atom. The monoisotopic (exact) mass is 362 g/mol. The van der Waals surface area contributed by atoms with E-state index in [4.69, 9.17) is 0 Å². The molecule has 2 aromatic heterocycles. The molecule has 10 heteroatoms. The van der Waals surface area contributed by atoms with E-state index >= 15 is 0 Å². The second-order valence-corrected chi connectivity index (χ2v) is 6.45. The van der Waals surface area contributed by atoms with Gasteiger partial charge in [0, 0.05) is 37.2 Å². The second kappa shape index (κ2) is 7.26. The zero-order valence-electron chi connectivity index (χ0n) is 12.3. The highest BCUT2D eigenvalue weighted by Crippen LogP contribution is 2.38. The van der Waals surface area contributed by atoms with Crippen LogP contribution in [0.4, 0.5) is 18.3 Å². The lowest BCUT2D eigenvalue weighted by Gasteiger charge is -2.12. The average Bonchev–Trinajstić information content (AvgIpc) is 3.00. The highest BCUT2D eigenvalue weighted by molar-refractivity contribution is 7.98. The minimum atomic E-state index is -4.51. The van der Waals surface area contributed by atoms with E-state index in [2.05, 4.69) is 15.2 Å². The van der Waals surface area contributed by atoms with Crippen molar-refractivity contribution in [2.45, 2.75) is 12.6 Å². The van der Waals surface area contributed by atoms with Crippen molar-refractivity contribution >= 4 is 34.1 Å². The van der Waals surface area contributed by atoms with E-state index in [-0.39, 0.29) is 21.6 Å². The molecule has 0 N–H and O–H groups in total. The van der Waals surface area contributed by atoms with Gasteiger partial charge >= 0.3 is 6.18 Å². The zero-order valence-corrected chi connectivity index (χ0v) is 13.9. The molecule has 0 bridgehead atoms. The van der Waals surface area contributed by atoms with Crippen LogP contribution in [-0.2, 0) is 11.0 Å². The van der Waals surface area contributed by atoms with Gasteiger partial charge in [0.25, 0.3) is 0 Å². The maximum Gasteiger partial charge on any atom is 0.417 e. The molecule has 5 nitrogen and oxygen atoms in total. The van der Waals surface area contributed by atoms with Crippen LogP contribution in [0.15, 0.2) is 18.5 Å². The number of nitrogens with zero attached hydrogens (tertiary/aromatic N) is 4. The van der Waals surface area contributed by atoms with Gasteiger partial charge in [0.2, 0.25) is 11.0 Å². The van der Waals surface area contributed by atoms with Crippen LogP contribution in [0.2, 0.25) is 0 Å². The van der Waals surface area contributed by atoms with Gasteiger partial charge in [0.15, 0.2) is 5.01 Å². The van der Waals surface area contributed by atoms with Gasteiger partial charge < -0.3 is 0 Å². The van der Waals surface area contributed by atoms with Crippen molar-refractivity contribution < 1.29 is 18.0 Å². The quantitative estimate of drug-likeness (QED) is 0.816. The van der Waals surface area contributed by atoms with Gasteiger partial charge in [-0.25, -0.2) is 0 Å². The van der Waals surface area contributed by atoms with E-state index in [0.29, 0.717) is 12.2 Å². The highest BCUT2D eigenvalue weighted by Gasteiger charge is 2.34. The van der Waals surface area contributed by atoms with Crippen LogP contribution < -0.4 is 4.90 Å². The summed E-state index contributed by atoms with van der Waals surface area (Å²) in [5.41, 5.74) is -0.972. The lowest BCUT2D eigenvalue weighted by molar-refractivity contribution is -0.137. The predicted molar refractivity (Wildman–Crippen MR) is 84.6 cm³/mol.